The molecule has 0 bridgehead atoms. The summed E-state index contributed by atoms with van der Waals surface area (Å²) < 4.78 is 35.2. The molecule has 0 atom stereocenters. The fraction of sp³-hybridized carbons (Fsp3) is 0.182. The molecule has 0 aliphatic heterocycles. The number of benzene rings is 2. The fourth-order valence-electron chi connectivity index (χ4n) is 3.09. The molecule has 0 amide bonds. The largest absolute Gasteiger partial charge is 0.456 e. The van der Waals surface area contributed by atoms with Crippen molar-refractivity contribution in [3.8, 4) is 11.5 Å². The van der Waals surface area contributed by atoms with Gasteiger partial charge in [-0.1, -0.05) is 23.7 Å². The molecule has 0 aliphatic rings. The Morgan fingerprint density at radius 2 is 1.90 bits per heavy atom. The number of fused-ring (bicyclic) bond motifs is 1. The third-order valence-electron chi connectivity index (χ3n) is 4.62. The predicted octanol–water partition coefficient (Wildman–Crippen LogP) is 4.39. The van der Waals surface area contributed by atoms with Crippen LogP contribution in [0, 0.1) is 6.92 Å². The van der Waals surface area contributed by atoms with E-state index in [4.69, 9.17) is 16.3 Å². The van der Waals surface area contributed by atoms with E-state index in [1.807, 2.05) is 31.3 Å². The van der Waals surface area contributed by atoms with Gasteiger partial charge in [0.2, 0.25) is 10.0 Å². The topological polar surface area (TPSA) is 85.6 Å². The van der Waals surface area contributed by atoms with Crippen molar-refractivity contribution in [3.63, 3.8) is 0 Å². The minimum atomic E-state index is -3.61. The summed E-state index contributed by atoms with van der Waals surface area (Å²) in [5.74, 6) is 1.01. The predicted molar refractivity (Wildman–Crippen MR) is 119 cm³/mol. The lowest BCUT2D eigenvalue weighted by atomic mass is 10.2. The summed E-state index contributed by atoms with van der Waals surface area (Å²) in [6.07, 6.45) is 5.04. The molecule has 9 heteroatoms. The average Bonchev–Trinajstić information content (AvgIpc) is 3.12. The maximum Gasteiger partial charge on any atom is 0.240 e. The Morgan fingerprint density at radius 3 is 2.68 bits per heavy atom. The molecule has 0 saturated carbocycles. The normalized spacial score (nSPS) is 11.7. The summed E-state index contributed by atoms with van der Waals surface area (Å²) in [5, 5.41) is 4.83. The Morgan fingerprint density at radius 1 is 1.13 bits per heavy atom. The van der Waals surface area contributed by atoms with Crippen molar-refractivity contribution in [2.45, 2.75) is 24.7 Å². The molecule has 4 rings (SSSR count). The highest BCUT2D eigenvalue weighted by Crippen LogP contribution is 2.29. The number of nitrogens with one attached hydrogen (secondary N) is 1. The van der Waals surface area contributed by atoms with E-state index >= 15 is 0 Å². The van der Waals surface area contributed by atoms with Gasteiger partial charge in [-0.2, -0.15) is 5.10 Å². The number of nitrogens with zero attached hydrogens (tertiary/aromatic N) is 3. The van der Waals surface area contributed by atoms with Crippen molar-refractivity contribution in [2.24, 2.45) is 0 Å². The molecule has 0 aliphatic carbocycles. The molecule has 31 heavy (non-hydrogen) atoms. The van der Waals surface area contributed by atoms with Gasteiger partial charge in [0.15, 0.2) is 5.65 Å². The lowest BCUT2D eigenvalue weighted by Crippen LogP contribution is -2.25. The molecule has 2 heterocycles. The molecule has 160 valence electrons. The highest BCUT2D eigenvalue weighted by molar-refractivity contribution is 7.89. The monoisotopic (exact) mass is 456 g/mol. The Bertz CT molecular complexity index is 1300. The molecule has 2 aromatic heterocycles. The van der Waals surface area contributed by atoms with Gasteiger partial charge in [-0.3, -0.25) is 0 Å². The van der Waals surface area contributed by atoms with E-state index in [2.05, 4.69) is 14.8 Å². The zero-order chi connectivity index (χ0) is 21.8. The van der Waals surface area contributed by atoms with Crippen LogP contribution >= 0.6 is 11.6 Å². The first kappa shape index (κ1) is 21.3. The number of aryl methyl sites for hydroxylation is 2. The van der Waals surface area contributed by atoms with E-state index in [0.29, 0.717) is 35.9 Å². The fourth-order valence-corrected chi connectivity index (χ4v) is 4.34. The van der Waals surface area contributed by atoms with Gasteiger partial charge in [-0.05, 0) is 61.7 Å². The summed E-state index contributed by atoms with van der Waals surface area (Å²) in [6, 6.07) is 15.2. The molecule has 4 aromatic rings. The number of hydrogen-bond donors (Lipinski definition) is 1. The van der Waals surface area contributed by atoms with Crippen LogP contribution in [-0.2, 0) is 16.4 Å². The minimum Gasteiger partial charge on any atom is -0.456 e. The van der Waals surface area contributed by atoms with Crippen molar-refractivity contribution in [1.29, 1.82) is 0 Å². The van der Waals surface area contributed by atoms with Crippen LogP contribution in [0.5, 0.6) is 11.5 Å². The zero-order valence-corrected chi connectivity index (χ0v) is 18.4. The molecule has 0 spiro atoms. The first-order chi connectivity index (χ1) is 14.9. The number of rotatable bonds is 8. The summed E-state index contributed by atoms with van der Waals surface area (Å²) in [7, 11) is -3.61. The van der Waals surface area contributed by atoms with Gasteiger partial charge >= 0.3 is 0 Å². The Labute approximate surface area is 185 Å². The van der Waals surface area contributed by atoms with E-state index in [-0.39, 0.29) is 4.90 Å². The van der Waals surface area contributed by atoms with Gasteiger partial charge in [0.1, 0.15) is 11.5 Å². The molecule has 0 saturated heterocycles. The molecule has 7 nitrogen and oxygen atoms in total. The lowest BCUT2D eigenvalue weighted by Gasteiger charge is -2.09. The van der Waals surface area contributed by atoms with E-state index in [9.17, 15) is 8.42 Å². The standard InChI is InChI=1S/C22H21ClN4O3S/c1-16-13-22-24-14-17(15-27(22)26-16)5-4-12-25-31(28,29)19-10-8-18(9-11-19)30-21-7-3-2-6-20(21)23/h2-3,6-11,13-15,25H,4-5,12H2,1H3. The van der Waals surface area contributed by atoms with Crippen LogP contribution in [0.3, 0.4) is 0 Å². The van der Waals surface area contributed by atoms with Crippen LogP contribution < -0.4 is 9.46 Å². The van der Waals surface area contributed by atoms with Crippen LogP contribution in [0.25, 0.3) is 5.65 Å². The lowest BCUT2D eigenvalue weighted by molar-refractivity contribution is 0.482. The summed E-state index contributed by atoms with van der Waals surface area (Å²) in [4.78, 5) is 4.54. The van der Waals surface area contributed by atoms with Crippen LogP contribution in [0.15, 0.2) is 71.9 Å². The van der Waals surface area contributed by atoms with Crippen LogP contribution in [-0.4, -0.2) is 29.6 Å². The van der Waals surface area contributed by atoms with Gasteiger partial charge in [0.05, 0.1) is 15.6 Å². The van der Waals surface area contributed by atoms with E-state index in [0.717, 1.165) is 16.9 Å². The number of ether oxygens (including phenoxy) is 1. The van der Waals surface area contributed by atoms with Gasteiger partial charge in [0, 0.05) is 25.0 Å². The van der Waals surface area contributed by atoms with Gasteiger partial charge in [-0.25, -0.2) is 22.6 Å². The van der Waals surface area contributed by atoms with Crippen molar-refractivity contribution in [1.82, 2.24) is 19.3 Å². The van der Waals surface area contributed by atoms with Gasteiger partial charge < -0.3 is 4.74 Å². The first-order valence-corrected chi connectivity index (χ1v) is 11.6. The smallest absolute Gasteiger partial charge is 0.240 e. The van der Waals surface area contributed by atoms with Crippen molar-refractivity contribution in [3.05, 3.63) is 83.3 Å². The SMILES string of the molecule is Cc1cc2ncc(CCCNS(=O)(=O)c3ccc(Oc4ccccc4Cl)cc3)cn2n1. The minimum absolute atomic E-state index is 0.175. The Balaban J connectivity index is 1.32. The molecule has 0 radical (unpaired) electrons. The van der Waals surface area contributed by atoms with Gasteiger partial charge in [-0.15, -0.1) is 0 Å². The number of para-hydroxylation sites is 1. The quantitative estimate of drug-likeness (QED) is 0.397. The number of halogens is 1. The van der Waals surface area contributed by atoms with Crippen LogP contribution in [0.1, 0.15) is 17.7 Å². The molecule has 1 N–H and O–H groups in total. The summed E-state index contributed by atoms with van der Waals surface area (Å²) >= 11 is 6.08. The average molecular weight is 457 g/mol. The molecule has 0 fully saturated rings. The first-order valence-electron chi connectivity index (χ1n) is 9.74. The highest BCUT2D eigenvalue weighted by atomic mass is 35.5. The second-order valence-electron chi connectivity index (χ2n) is 7.06. The summed E-state index contributed by atoms with van der Waals surface area (Å²) in [6.45, 7) is 2.23. The zero-order valence-electron chi connectivity index (χ0n) is 16.8. The molecule has 0 unspecified atom stereocenters. The van der Waals surface area contributed by atoms with E-state index < -0.39 is 10.0 Å². The molecular formula is C22H21ClN4O3S. The molecule has 2 aromatic carbocycles. The Hall–Kier alpha value is -2.94. The van der Waals surface area contributed by atoms with Crippen LogP contribution in [0.2, 0.25) is 5.02 Å². The van der Waals surface area contributed by atoms with Gasteiger partial charge in [0.25, 0.3) is 0 Å². The number of aromatic nitrogens is 3. The van der Waals surface area contributed by atoms with Crippen molar-refractivity contribution >= 4 is 27.3 Å². The number of sulfonamides is 1. The van der Waals surface area contributed by atoms with Crippen LogP contribution in [0.4, 0.5) is 0 Å². The second kappa shape index (κ2) is 9.05. The Kier molecular flexibility index (Phi) is 6.22. The maximum atomic E-state index is 12.5. The molecular weight excluding hydrogens is 436 g/mol. The second-order valence-corrected chi connectivity index (χ2v) is 9.23. The van der Waals surface area contributed by atoms with E-state index in [1.54, 1.807) is 35.0 Å². The van der Waals surface area contributed by atoms with Crippen molar-refractivity contribution < 1.29 is 13.2 Å². The van der Waals surface area contributed by atoms with Crippen molar-refractivity contribution in [2.75, 3.05) is 6.54 Å². The maximum absolute atomic E-state index is 12.5. The van der Waals surface area contributed by atoms with E-state index in [1.165, 1.54) is 12.1 Å². The third-order valence-corrected chi connectivity index (χ3v) is 6.41. The summed E-state index contributed by atoms with van der Waals surface area (Å²) in [5.41, 5.74) is 2.69. The number of hydrogen-bond acceptors (Lipinski definition) is 5. The third kappa shape index (κ3) is 5.22. The highest BCUT2D eigenvalue weighted by Gasteiger charge is 2.14.